The van der Waals surface area contributed by atoms with Crippen LogP contribution in [-0.4, -0.2) is 40.9 Å². The lowest BCUT2D eigenvalue weighted by molar-refractivity contribution is -0.121. The molecule has 136 valence electrons. The molecule has 0 fully saturated rings. The molecule has 0 aliphatic rings. The van der Waals surface area contributed by atoms with Crippen LogP contribution in [0.3, 0.4) is 0 Å². The molecular weight excluding hydrogens is 356 g/mol. The van der Waals surface area contributed by atoms with Gasteiger partial charge in [0.15, 0.2) is 0 Å². The molecule has 0 aliphatic heterocycles. The molecular formula is C19H19ClN2O4. The molecule has 0 aliphatic carbocycles. The van der Waals surface area contributed by atoms with E-state index in [9.17, 15) is 14.4 Å². The Morgan fingerprint density at radius 2 is 1.58 bits per heavy atom. The molecule has 6 nitrogen and oxygen atoms in total. The minimum absolute atomic E-state index is 0.0798. The Morgan fingerprint density at radius 1 is 1.00 bits per heavy atom. The number of halogens is 1. The number of likely N-dealkylation sites (N-methyl/N-ethyl adjacent to an activating group) is 1. The topological polar surface area (TPSA) is 86.7 Å². The normalized spacial score (nSPS) is 10.2. The number of carbonyl (C=O) groups is 3. The number of nitrogens with one attached hydrogen (secondary N) is 1. The van der Waals surface area contributed by atoms with Gasteiger partial charge >= 0.3 is 5.97 Å². The standard InChI is InChI=1S/C19H19ClN2O4/c1-2-22(18(24)14-5-7-15(8-6-14)19(25)26)12-17(23)21-11-13-3-9-16(20)10-4-13/h3-10H,2,11-12H2,1H3,(H,21,23)(H,25,26). The van der Waals surface area contributed by atoms with Gasteiger partial charge < -0.3 is 15.3 Å². The van der Waals surface area contributed by atoms with E-state index >= 15 is 0 Å². The summed E-state index contributed by atoms with van der Waals surface area (Å²) in [4.78, 5) is 36.9. The van der Waals surface area contributed by atoms with E-state index in [1.165, 1.54) is 29.2 Å². The van der Waals surface area contributed by atoms with Gasteiger partial charge in [-0.25, -0.2) is 4.79 Å². The number of amides is 2. The summed E-state index contributed by atoms with van der Waals surface area (Å²) in [5.41, 5.74) is 1.34. The molecule has 2 rings (SSSR count). The van der Waals surface area contributed by atoms with Gasteiger partial charge in [0, 0.05) is 23.7 Å². The lowest BCUT2D eigenvalue weighted by atomic mass is 10.1. The number of carboxylic acids is 1. The van der Waals surface area contributed by atoms with Crippen LogP contribution in [0, 0.1) is 0 Å². The number of benzene rings is 2. The summed E-state index contributed by atoms with van der Waals surface area (Å²) in [5.74, 6) is -1.67. The average Bonchev–Trinajstić information content (AvgIpc) is 2.65. The SMILES string of the molecule is CCN(CC(=O)NCc1ccc(Cl)cc1)C(=O)c1ccc(C(=O)O)cc1. The highest BCUT2D eigenvalue weighted by atomic mass is 35.5. The molecule has 2 N–H and O–H groups in total. The van der Waals surface area contributed by atoms with Crippen molar-refractivity contribution in [3.63, 3.8) is 0 Å². The molecule has 0 unspecified atom stereocenters. The van der Waals surface area contributed by atoms with E-state index in [1.807, 2.05) is 12.1 Å². The number of aromatic carboxylic acids is 1. The van der Waals surface area contributed by atoms with E-state index in [0.29, 0.717) is 23.7 Å². The van der Waals surface area contributed by atoms with Crippen molar-refractivity contribution in [3.05, 3.63) is 70.2 Å². The van der Waals surface area contributed by atoms with Crippen molar-refractivity contribution in [1.82, 2.24) is 10.2 Å². The van der Waals surface area contributed by atoms with Crippen LogP contribution in [0.1, 0.15) is 33.2 Å². The third-order valence-electron chi connectivity index (χ3n) is 3.79. The number of nitrogens with zero attached hydrogens (tertiary/aromatic N) is 1. The monoisotopic (exact) mass is 374 g/mol. The summed E-state index contributed by atoms with van der Waals surface area (Å²) in [6.07, 6.45) is 0. The Balaban J connectivity index is 1.94. The molecule has 0 saturated carbocycles. The highest BCUT2D eigenvalue weighted by Gasteiger charge is 2.17. The number of carboxylic acid groups (broad SMARTS) is 1. The molecule has 2 amide bonds. The van der Waals surface area contributed by atoms with Gasteiger partial charge in [-0.05, 0) is 48.9 Å². The molecule has 0 saturated heterocycles. The average molecular weight is 375 g/mol. The fraction of sp³-hybridized carbons (Fsp3) is 0.211. The Bertz CT molecular complexity index is 788. The van der Waals surface area contributed by atoms with E-state index in [0.717, 1.165) is 5.56 Å². The van der Waals surface area contributed by atoms with Gasteiger partial charge in [-0.2, -0.15) is 0 Å². The first-order chi connectivity index (χ1) is 12.4. The second kappa shape index (κ2) is 9.01. The fourth-order valence-corrected chi connectivity index (χ4v) is 2.42. The summed E-state index contributed by atoms with van der Waals surface area (Å²) in [6.45, 7) is 2.39. The molecule has 2 aromatic rings. The minimum Gasteiger partial charge on any atom is -0.478 e. The number of hydrogen-bond acceptors (Lipinski definition) is 3. The van der Waals surface area contributed by atoms with Gasteiger partial charge in [-0.15, -0.1) is 0 Å². The van der Waals surface area contributed by atoms with Gasteiger partial charge in [0.2, 0.25) is 5.91 Å². The molecule has 0 spiro atoms. The van der Waals surface area contributed by atoms with E-state index in [-0.39, 0.29) is 23.9 Å². The maximum atomic E-state index is 12.5. The first-order valence-electron chi connectivity index (χ1n) is 8.04. The number of carbonyl (C=O) groups excluding carboxylic acids is 2. The lowest BCUT2D eigenvalue weighted by Crippen LogP contribution is -2.40. The zero-order chi connectivity index (χ0) is 19.1. The van der Waals surface area contributed by atoms with Crippen LogP contribution in [0.2, 0.25) is 5.02 Å². The van der Waals surface area contributed by atoms with Gasteiger partial charge in [0.1, 0.15) is 0 Å². The second-order valence-electron chi connectivity index (χ2n) is 5.61. The summed E-state index contributed by atoms with van der Waals surface area (Å²) < 4.78 is 0. The van der Waals surface area contributed by atoms with Crippen LogP contribution in [0.4, 0.5) is 0 Å². The Morgan fingerprint density at radius 3 is 2.12 bits per heavy atom. The maximum Gasteiger partial charge on any atom is 0.335 e. The van der Waals surface area contributed by atoms with Crippen LogP contribution < -0.4 is 5.32 Å². The highest BCUT2D eigenvalue weighted by Crippen LogP contribution is 2.10. The molecule has 0 heterocycles. The highest BCUT2D eigenvalue weighted by molar-refractivity contribution is 6.30. The number of hydrogen-bond donors (Lipinski definition) is 2. The minimum atomic E-state index is -1.06. The van der Waals surface area contributed by atoms with Crippen molar-refractivity contribution in [2.75, 3.05) is 13.1 Å². The number of rotatable bonds is 7. The molecule has 0 radical (unpaired) electrons. The van der Waals surface area contributed by atoms with Crippen LogP contribution in [0.15, 0.2) is 48.5 Å². The molecule has 7 heteroatoms. The van der Waals surface area contributed by atoms with Gasteiger partial charge in [-0.1, -0.05) is 23.7 Å². The van der Waals surface area contributed by atoms with E-state index in [1.54, 1.807) is 19.1 Å². The summed E-state index contributed by atoms with van der Waals surface area (Å²) in [6, 6.07) is 12.7. The van der Waals surface area contributed by atoms with Crippen molar-refractivity contribution in [1.29, 1.82) is 0 Å². The quantitative estimate of drug-likeness (QED) is 0.780. The molecule has 0 atom stereocenters. The second-order valence-corrected chi connectivity index (χ2v) is 6.04. The first kappa shape index (κ1) is 19.5. The predicted molar refractivity (Wildman–Crippen MR) is 98.3 cm³/mol. The Kier molecular flexibility index (Phi) is 6.74. The third kappa shape index (κ3) is 5.32. The fourth-order valence-electron chi connectivity index (χ4n) is 2.30. The van der Waals surface area contributed by atoms with Crippen LogP contribution in [0.5, 0.6) is 0 Å². The molecule has 0 bridgehead atoms. The van der Waals surface area contributed by atoms with Crippen LogP contribution >= 0.6 is 11.6 Å². The van der Waals surface area contributed by atoms with E-state index in [4.69, 9.17) is 16.7 Å². The van der Waals surface area contributed by atoms with Gasteiger partial charge in [-0.3, -0.25) is 9.59 Å². The van der Waals surface area contributed by atoms with E-state index in [2.05, 4.69) is 5.32 Å². The van der Waals surface area contributed by atoms with Crippen molar-refractivity contribution >= 4 is 29.4 Å². The van der Waals surface area contributed by atoms with E-state index < -0.39 is 5.97 Å². The predicted octanol–water partition coefficient (Wildman–Crippen LogP) is 2.82. The largest absolute Gasteiger partial charge is 0.478 e. The summed E-state index contributed by atoms with van der Waals surface area (Å²) >= 11 is 5.82. The summed E-state index contributed by atoms with van der Waals surface area (Å²) in [7, 11) is 0. The zero-order valence-corrected chi connectivity index (χ0v) is 15.0. The van der Waals surface area contributed by atoms with Gasteiger partial charge in [0.05, 0.1) is 12.1 Å². The van der Waals surface area contributed by atoms with Crippen molar-refractivity contribution in [3.8, 4) is 0 Å². The molecule has 2 aromatic carbocycles. The molecule has 0 aromatic heterocycles. The van der Waals surface area contributed by atoms with Crippen LogP contribution in [-0.2, 0) is 11.3 Å². The van der Waals surface area contributed by atoms with Gasteiger partial charge in [0.25, 0.3) is 5.91 Å². The lowest BCUT2D eigenvalue weighted by Gasteiger charge is -2.20. The first-order valence-corrected chi connectivity index (χ1v) is 8.42. The van der Waals surface area contributed by atoms with Crippen molar-refractivity contribution < 1.29 is 19.5 Å². The zero-order valence-electron chi connectivity index (χ0n) is 14.2. The smallest absolute Gasteiger partial charge is 0.335 e. The Labute approximate surface area is 156 Å². The molecule has 26 heavy (non-hydrogen) atoms. The van der Waals surface area contributed by atoms with Crippen LogP contribution in [0.25, 0.3) is 0 Å². The maximum absolute atomic E-state index is 12.5. The Hall–Kier alpha value is -2.86. The van der Waals surface area contributed by atoms with Crippen molar-refractivity contribution in [2.24, 2.45) is 0 Å². The third-order valence-corrected chi connectivity index (χ3v) is 4.04. The van der Waals surface area contributed by atoms with Crippen molar-refractivity contribution in [2.45, 2.75) is 13.5 Å². The summed E-state index contributed by atoms with van der Waals surface area (Å²) in [5, 5.41) is 12.3.